The quantitative estimate of drug-likeness (QED) is 0.537. The fourth-order valence-corrected chi connectivity index (χ4v) is 2.43. The normalized spacial score (nSPS) is 10.7. The molecule has 0 aliphatic heterocycles. The third kappa shape index (κ3) is 3.07. The number of anilines is 1. The second kappa shape index (κ2) is 5.81. The largest absolute Gasteiger partial charge is 0.451 e. The summed E-state index contributed by atoms with van der Waals surface area (Å²) >= 11 is 3.32. The van der Waals surface area contributed by atoms with Gasteiger partial charge in [0.25, 0.3) is 5.91 Å². The van der Waals surface area contributed by atoms with Crippen LogP contribution >= 0.6 is 15.9 Å². The van der Waals surface area contributed by atoms with Gasteiger partial charge in [-0.2, -0.15) is 4.39 Å². The van der Waals surface area contributed by atoms with Crippen molar-refractivity contribution in [3.8, 4) is 0 Å². The second-order valence-corrected chi connectivity index (χ2v) is 5.59. The van der Waals surface area contributed by atoms with Crippen LogP contribution in [0.15, 0.2) is 51.4 Å². The summed E-state index contributed by atoms with van der Waals surface area (Å²) in [6, 6.07) is 9.93. The molecule has 1 heterocycles. The Morgan fingerprint density at radius 2 is 2.00 bits per heavy atom. The molecule has 116 valence electrons. The Bertz CT molecular complexity index is 938. The fourth-order valence-electron chi connectivity index (χ4n) is 2.05. The molecule has 0 spiro atoms. The highest BCUT2D eigenvalue weighted by atomic mass is 79.9. The van der Waals surface area contributed by atoms with Gasteiger partial charge in [0.15, 0.2) is 5.76 Å². The van der Waals surface area contributed by atoms with Crippen LogP contribution in [0.4, 0.5) is 15.8 Å². The molecule has 1 N–H and O–H groups in total. The number of fused-ring (bicyclic) bond motifs is 1. The number of halogens is 2. The first-order chi connectivity index (χ1) is 10.9. The van der Waals surface area contributed by atoms with Crippen LogP contribution in [0.1, 0.15) is 10.6 Å². The Labute approximate surface area is 137 Å². The molecule has 0 aliphatic rings. The number of amides is 1. The highest BCUT2D eigenvalue weighted by Crippen LogP contribution is 2.25. The summed E-state index contributed by atoms with van der Waals surface area (Å²) < 4.78 is 19.5. The van der Waals surface area contributed by atoms with Gasteiger partial charge in [-0.25, -0.2) is 0 Å². The van der Waals surface area contributed by atoms with Crippen LogP contribution in [-0.2, 0) is 0 Å². The highest BCUT2D eigenvalue weighted by molar-refractivity contribution is 9.10. The van der Waals surface area contributed by atoms with E-state index in [1.54, 1.807) is 24.3 Å². The zero-order chi connectivity index (χ0) is 16.6. The Kier molecular flexibility index (Phi) is 3.83. The van der Waals surface area contributed by atoms with Gasteiger partial charge in [0.1, 0.15) is 5.58 Å². The van der Waals surface area contributed by atoms with E-state index in [2.05, 4.69) is 21.2 Å². The van der Waals surface area contributed by atoms with Crippen molar-refractivity contribution in [1.82, 2.24) is 0 Å². The molecule has 0 saturated carbocycles. The molecule has 1 amide bonds. The minimum atomic E-state index is -0.971. The molecule has 8 heteroatoms. The van der Waals surface area contributed by atoms with Crippen molar-refractivity contribution in [3.05, 3.63) is 68.6 Å². The maximum absolute atomic E-state index is 13.3. The Balaban J connectivity index is 1.88. The molecule has 0 bridgehead atoms. The molecule has 0 saturated heterocycles. The molecular formula is C15H8BrFN2O4. The van der Waals surface area contributed by atoms with Crippen LogP contribution in [0.2, 0.25) is 0 Å². The number of rotatable bonds is 3. The number of carbonyl (C=O) groups is 1. The monoisotopic (exact) mass is 378 g/mol. The van der Waals surface area contributed by atoms with Crippen molar-refractivity contribution in [3.63, 3.8) is 0 Å². The van der Waals surface area contributed by atoms with E-state index >= 15 is 0 Å². The average Bonchev–Trinajstić information content (AvgIpc) is 2.92. The first-order valence-corrected chi connectivity index (χ1v) is 7.18. The number of hydrogen-bond donors (Lipinski definition) is 1. The Morgan fingerprint density at radius 3 is 2.74 bits per heavy atom. The third-order valence-electron chi connectivity index (χ3n) is 3.10. The smallest absolute Gasteiger partial charge is 0.306 e. The van der Waals surface area contributed by atoms with Gasteiger partial charge in [-0.3, -0.25) is 14.9 Å². The summed E-state index contributed by atoms with van der Waals surface area (Å²) in [5.41, 5.74) is -0.0792. The lowest BCUT2D eigenvalue weighted by atomic mass is 10.2. The Morgan fingerprint density at radius 1 is 1.22 bits per heavy atom. The average molecular weight is 379 g/mol. The summed E-state index contributed by atoms with van der Waals surface area (Å²) in [6.45, 7) is 0. The van der Waals surface area contributed by atoms with E-state index in [4.69, 9.17) is 4.42 Å². The molecule has 23 heavy (non-hydrogen) atoms. The molecule has 2 aromatic carbocycles. The van der Waals surface area contributed by atoms with Crippen LogP contribution in [0, 0.1) is 15.9 Å². The van der Waals surface area contributed by atoms with Crippen LogP contribution < -0.4 is 5.32 Å². The standard InChI is InChI=1S/C15H8BrFN2O4/c16-9-1-4-13-8(5-9)6-14(23-13)15(20)18-10-2-3-11(17)12(7-10)19(21)22/h1-7H,(H,18,20). The van der Waals surface area contributed by atoms with E-state index in [0.29, 0.717) is 5.58 Å². The van der Waals surface area contributed by atoms with Gasteiger partial charge in [0.05, 0.1) is 4.92 Å². The number of nitrogens with zero attached hydrogens (tertiary/aromatic N) is 1. The fraction of sp³-hybridized carbons (Fsp3) is 0. The van der Waals surface area contributed by atoms with E-state index in [1.165, 1.54) is 6.07 Å². The number of nitro benzene ring substituents is 1. The molecule has 1 aromatic heterocycles. The molecule has 0 atom stereocenters. The molecule has 6 nitrogen and oxygen atoms in total. The summed E-state index contributed by atoms with van der Waals surface area (Å²) in [7, 11) is 0. The zero-order valence-electron chi connectivity index (χ0n) is 11.4. The van der Waals surface area contributed by atoms with Crippen LogP contribution in [0.3, 0.4) is 0 Å². The highest BCUT2D eigenvalue weighted by Gasteiger charge is 2.17. The Hall–Kier alpha value is -2.74. The van der Waals surface area contributed by atoms with Crippen LogP contribution in [-0.4, -0.2) is 10.8 Å². The van der Waals surface area contributed by atoms with Gasteiger partial charge in [0.2, 0.25) is 5.82 Å². The van der Waals surface area contributed by atoms with E-state index in [9.17, 15) is 19.3 Å². The predicted octanol–water partition coefficient (Wildman–Crippen LogP) is 4.49. The maximum Gasteiger partial charge on any atom is 0.306 e. The van der Waals surface area contributed by atoms with Gasteiger partial charge in [-0.15, -0.1) is 0 Å². The van der Waals surface area contributed by atoms with Crippen molar-refractivity contribution in [2.45, 2.75) is 0 Å². The topological polar surface area (TPSA) is 85.4 Å². The number of hydrogen-bond acceptors (Lipinski definition) is 4. The summed E-state index contributed by atoms with van der Waals surface area (Å²) in [6.07, 6.45) is 0. The predicted molar refractivity (Wildman–Crippen MR) is 84.9 cm³/mol. The van der Waals surface area contributed by atoms with Crippen molar-refractivity contribution < 1.29 is 18.5 Å². The van der Waals surface area contributed by atoms with Gasteiger partial charge >= 0.3 is 5.69 Å². The molecule has 3 rings (SSSR count). The number of nitrogens with one attached hydrogen (secondary N) is 1. The summed E-state index contributed by atoms with van der Waals surface area (Å²) in [4.78, 5) is 22.0. The van der Waals surface area contributed by atoms with Gasteiger partial charge in [0, 0.05) is 21.6 Å². The van der Waals surface area contributed by atoms with E-state index in [-0.39, 0.29) is 11.4 Å². The molecule has 0 fully saturated rings. The van der Waals surface area contributed by atoms with Crippen LogP contribution in [0.5, 0.6) is 0 Å². The summed E-state index contributed by atoms with van der Waals surface area (Å²) in [5.74, 6) is -1.51. The third-order valence-corrected chi connectivity index (χ3v) is 3.60. The maximum atomic E-state index is 13.3. The van der Waals surface area contributed by atoms with Crippen LogP contribution in [0.25, 0.3) is 11.0 Å². The molecular weight excluding hydrogens is 371 g/mol. The van der Waals surface area contributed by atoms with Gasteiger partial charge in [-0.1, -0.05) is 15.9 Å². The van der Waals surface area contributed by atoms with E-state index in [1.807, 2.05) is 0 Å². The van der Waals surface area contributed by atoms with Crippen molar-refractivity contribution in [1.29, 1.82) is 0 Å². The first kappa shape index (κ1) is 15.2. The number of benzene rings is 2. The first-order valence-electron chi connectivity index (χ1n) is 6.38. The lowest BCUT2D eigenvalue weighted by Crippen LogP contribution is -2.11. The number of nitro groups is 1. The number of furan rings is 1. The lowest BCUT2D eigenvalue weighted by molar-refractivity contribution is -0.387. The minimum absolute atomic E-state index is 0.0464. The van der Waals surface area contributed by atoms with Crippen molar-refractivity contribution in [2.75, 3.05) is 5.32 Å². The SMILES string of the molecule is O=C(Nc1ccc(F)c([N+](=O)[O-])c1)c1cc2cc(Br)ccc2o1. The van der Waals surface area contributed by atoms with E-state index < -0.39 is 22.3 Å². The lowest BCUT2D eigenvalue weighted by Gasteiger charge is -2.03. The molecule has 3 aromatic rings. The van der Waals surface area contributed by atoms with E-state index in [0.717, 1.165) is 22.0 Å². The zero-order valence-corrected chi connectivity index (χ0v) is 13.0. The minimum Gasteiger partial charge on any atom is -0.451 e. The summed E-state index contributed by atoms with van der Waals surface area (Å²) in [5, 5.41) is 13.9. The van der Waals surface area contributed by atoms with Crippen molar-refractivity contribution in [2.24, 2.45) is 0 Å². The van der Waals surface area contributed by atoms with Gasteiger partial charge < -0.3 is 9.73 Å². The second-order valence-electron chi connectivity index (χ2n) is 4.67. The number of carbonyl (C=O) groups excluding carboxylic acids is 1. The van der Waals surface area contributed by atoms with Gasteiger partial charge in [-0.05, 0) is 36.4 Å². The molecule has 0 aliphatic carbocycles. The molecule has 0 radical (unpaired) electrons. The van der Waals surface area contributed by atoms with Crippen molar-refractivity contribution >= 4 is 44.2 Å². The molecule has 0 unspecified atom stereocenters.